The second kappa shape index (κ2) is 16.8. The van der Waals surface area contributed by atoms with Crippen molar-refractivity contribution in [2.24, 2.45) is 22.7 Å². The van der Waals surface area contributed by atoms with Gasteiger partial charge >= 0.3 is 12.1 Å². The molecule has 2 bridgehead atoms. The largest absolute Gasteiger partial charge is 0.469 e. The smallest absolute Gasteiger partial charge is 0.407 e. The van der Waals surface area contributed by atoms with Crippen LogP contribution in [0.4, 0.5) is 4.79 Å². The third-order valence-corrected chi connectivity index (χ3v) is 13.6. The van der Waals surface area contributed by atoms with Gasteiger partial charge in [0.2, 0.25) is 11.8 Å². The van der Waals surface area contributed by atoms with Crippen molar-refractivity contribution in [3.63, 3.8) is 0 Å². The Morgan fingerprint density at radius 2 is 1.44 bits per heavy atom. The van der Waals surface area contributed by atoms with Crippen LogP contribution < -0.4 is 5.32 Å². The van der Waals surface area contributed by atoms with Gasteiger partial charge in [-0.1, -0.05) is 64.1 Å². The number of carbonyl (C=O) groups excluding carboxylic acids is 4. The van der Waals surface area contributed by atoms with Gasteiger partial charge in [0, 0.05) is 31.4 Å². The first-order valence-electron chi connectivity index (χ1n) is 21.6. The Bertz CT molecular complexity index is 2170. The number of amides is 3. The summed E-state index contributed by atoms with van der Waals surface area (Å²) in [6.07, 6.45) is 11.2. The number of ether oxygens (including phenoxy) is 2. The van der Waals surface area contributed by atoms with E-state index in [-0.39, 0.29) is 48.1 Å². The van der Waals surface area contributed by atoms with Crippen LogP contribution in [0.1, 0.15) is 126 Å². The maximum atomic E-state index is 13.8. The molecule has 2 aromatic carbocycles. The highest BCUT2D eigenvalue weighted by Crippen LogP contribution is 2.58. The third kappa shape index (κ3) is 7.71. The summed E-state index contributed by atoms with van der Waals surface area (Å²) in [7, 11) is 2.68. The first kappa shape index (κ1) is 40.5. The Morgan fingerprint density at radius 1 is 0.797 bits per heavy atom. The lowest BCUT2D eigenvalue weighted by atomic mass is 9.80. The van der Waals surface area contributed by atoms with Crippen LogP contribution in [0.3, 0.4) is 0 Å². The third-order valence-electron chi connectivity index (χ3n) is 13.6. The van der Waals surface area contributed by atoms with E-state index < -0.39 is 18.1 Å². The monoisotopic (exact) mass is 802 g/mol. The molecule has 312 valence electrons. The van der Waals surface area contributed by atoms with Crippen LogP contribution in [0.25, 0.3) is 28.0 Å². The van der Waals surface area contributed by atoms with Crippen molar-refractivity contribution in [2.45, 2.75) is 115 Å². The highest BCUT2D eigenvalue weighted by Gasteiger charge is 2.43. The molecule has 0 spiro atoms. The maximum Gasteiger partial charge on any atom is 0.407 e. The van der Waals surface area contributed by atoms with Crippen LogP contribution in [0, 0.1) is 17.8 Å². The van der Waals surface area contributed by atoms with Gasteiger partial charge < -0.3 is 29.6 Å². The highest BCUT2D eigenvalue weighted by molar-refractivity contribution is 6.04. The van der Waals surface area contributed by atoms with Crippen molar-refractivity contribution in [2.75, 3.05) is 27.3 Å². The second-order valence-corrected chi connectivity index (χ2v) is 17.8. The van der Waals surface area contributed by atoms with E-state index >= 15 is 0 Å². The van der Waals surface area contributed by atoms with Crippen LogP contribution in [-0.2, 0) is 23.9 Å². The molecule has 1 saturated carbocycles. The number of fused-ring (bicyclic) bond motifs is 5. The molecule has 6 atom stereocenters. The minimum absolute atomic E-state index is 0.0302. The number of nitrogens with zero attached hydrogens (tertiary/aromatic N) is 4. The van der Waals surface area contributed by atoms with Crippen LogP contribution in [-0.4, -0.2) is 88.7 Å². The Balaban J connectivity index is 0.982. The number of rotatable bonds is 12. The van der Waals surface area contributed by atoms with E-state index in [1.54, 1.807) is 0 Å². The van der Waals surface area contributed by atoms with E-state index in [2.05, 4.69) is 46.7 Å². The SMILES string of the molecule is COC(=O)C[C@H](C(=O)N1CCC[C@H]1C1=NC=C(c2ccc(-c3ccc(-c4cnc([C@@H]5CCCN5C(=O)[C@@H](NC(=O)OC)C(C)C)[nH]4)cc3)c3c2C2CCC3C2)C1)C(C)C. The number of aliphatic imine (C=N–C) groups is 1. The molecule has 12 nitrogen and oxygen atoms in total. The Hall–Kier alpha value is -5.26. The van der Waals surface area contributed by atoms with E-state index in [1.165, 1.54) is 66.9 Å². The van der Waals surface area contributed by atoms with Crippen molar-refractivity contribution in [1.29, 1.82) is 0 Å². The molecule has 3 aromatic rings. The van der Waals surface area contributed by atoms with Gasteiger partial charge in [-0.15, -0.1) is 0 Å². The molecular weight excluding hydrogens is 745 g/mol. The first-order valence-corrected chi connectivity index (χ1v) is 21.6. The number of esters is 1. The molecule has 8 rings (SSSR count). The van der Waals surface area contributed by atoms with Crippen LogP contribution in [0.5, 0.6) is 0 Å². The Morgan fingerprint density at radius 3 is 2.10 bits per heavy atom. The lowest BCUT2D eigenvalue weighted by Crippen LogP contribution is -2.51. The summed E-state index contributed by atoms with van der Waals surface area (Å²) in [5.74, 6) is 0.923. The second-order valence-electron chi connectivity index (χ2n) is 17.8. The number of carbonyl (C=O) groups is 4. The van der Waals surface area contributed by atoms with Gasteiger partial charge in [-0.2, -0.15) is 0 Å². The standard InChI is InChI=1S/C47H58N6O6/c1-26(2)35(23-40(54)58-5)45(55)52-19-7-9-38(52)36-22-32(24-48-36)34-18-17-33(41-30-15-16-31(21-30)42(34)41)28-11-13-29(14-12-28)37-25-49-44(50-37)39-10-8-20-53(39)46(56)43(27(3)4)51-47(57)59-6/h11-14,17-18,24-27,30-31,35,38-39,43H,7-10,15-16,19-23H2,1-6H3,(H,49,50)(H,51,57)/t30?,31?,35-,38-,39-,43-/m0/s1. The molecular formula is C47H58N6O6. The predicted octanol–water partition coefficient (Wildman–Crippen LogP) is 8.16. The highest BCUT2D eigenvalue weighted by atomic mass is 16.5. The summed E-state index contributed by atoms with van der Waals surface area (Å²) >= 11 is 0. The van der Waals surface area contributed by atoms with Crippen molar-refractivity contribution in [1.82, 2.24) is 25.1 Å². The molecule has 3 aliphatic heterocycles. The number of H-pyrrole nitrogens is 1. The zero-order chi connectivity index (χ0) is 41.5. The number of nitrogens with one attached hydrogen (secondary N) is 2. The first-order chi connectivity index (χ1) is 28.5. The molecule has 5 aliphatic rings. The zero-order valence-corrected chi connectivity index (χ0v) is 35.3. The van der Waals surface area contributed by atoms with Gasteiger partial charge in [0.05, 0.1) is 50.5 Å². The minimum atomic E-state index is -0.680. The molecule has 2 aliphatic carbocycles. The molecule has 2 unspecified atom stereocenters. The van der Waals surface area contributed by atoms with Gasteiger partial charge in [-0.3, -0.25) is 19.4 Å². The fourth-order valence-corrected chi connectivity index (χ4v) is 10.5. The van der Waals surface area contributed by atoms with E-state index in [1.807, 2.05) is 49.9 Å². The molecule has 0 radical (unpaired) electrons. The van der Waals surface area contributed by atoms with E-state index in [0.29, 0.717) is 24.9 Å². The molecule has 2 N–H and O–H groups in total. The molecule has 1 aromatic heterocycles. The summed E-state index contributed by atoms with van der Waals surface area (Å²) in [5.41, 5.74) is 11.0. The van der Waals surface area contributed by atoms with Gasteiger partial charge in [0.15, 0.2) is 0 Å². The molecule has 3 fully saturated rings. The molecule has 12 heteroatoms. The number of allylic oxidation sites excluding steroid dienone is 1. The number of aromatic amines is 1. The van der Waals surface area contributed by atoms with Crippen LogP contribution in [0.2, 0.25) is 0 Å². The average molecular weight is 803 g/mol. The number of methoxy groups -OCH3 is 2. The summed E-state index contributed by atoms with van der Waals surface area (Å²) in [6, 6.07) is 12.4. The number of likely N-dealkylation sites (tertiary alicyclic amines) is 2. The topological polar surface area (TPSA) is 146 Å². The lowest BCUT2D eigenvalue weighted by Gasteiger charge is -2.30. The molecule has 3 amide bonds. The number of imidazole rings is 1. The fraction of sp³-hybridized carbons (Fsp3) is 0.532. The van der Waals surface area contributed by atoms with Crippen LogP contribution in [0.15, 0.2) is 53.8 Å². The van der Waals surface area contributed by atoms with Gasteiger partial charge in [-0.25, -0.2) is 9.78 Å². The number of hydrogen-bond acceptors (Lipinski definition) is 8. The van der Waals surface area contributed by atoms with Crippen molar-refractivity contribution in [3.8, 4) is 22.4 Å². The number of aromatic nitrogens is 2. The minimum Gasteiger partial charge on any atom is -0.469 e. The van der Waals surface area contributed by atoms with Gasteiger partial charge in [0.25, 0.3) is 0 Å². The van der Waals surface area contributed by atoms with E-state index in [4.69, 9.17) is 19.5 Å². The van der Waals surface area contributed by atoms with E-state index in [9.17, 15) is 19.2 Å². The lowest BCUT2D eigenvalue weighted by molar-refractivity contribution is -0.148. The number of hydrogen-bond donors (Lipinski definition) is 2. The molecule has 4 heterocycles. The molecule has 2 saturated heterocycles. The summed E-state index contributed by atoms with van der Waals surface area (Å²) in [6.45, 7) is 9.12. The summed E-state index contributed by atoms with van der Waals surface area (Å²) in [4.78, 5) is 68.8. The van der Waals surface area contributed by atoms with E-state index in [0.717, 1.165) is 54.9 Å². The number of benzene rings is 2. The summed E-state index contributed by atoms with van der Waals surface area (Å²) in [5, 5.41) is 2.72. The molecule has 59 heavy (non-hydrogen) atoms. The van der Waals surface area contributed by atoms with Gasteiger partial charge in [0.1, 0.15) is 11.9 Å². The Kier molecular flexibility index (Phi) is 11.5. The normalized spacial score (nSPS) is 23.1. The zero-order valence-electron chi connectivity index (χ0n) is 35.3. The quantitative estimate of drug-likeness (QED) is 0.176. The number of alkyl carbamates (subject to hydrolysis) is 1. The fourth-order valence-electron chi connectivity index (χ4n) is 10.5. The summed E-state index contributed by atoms with van der Waals surface area (Å²) < 4.78 is 9.72. The average Bonchev–Trinajstić information content (AvgIpc) is 4.10. The van der Waals surface area contributed by atoms with Gasteiger partial charge in [-0.05, 0) is 108 Å². The Labute approximate surface area is 347 Å². The van der Waals surface area contributed by atoms with Crippen molar-refractivity contribution < 1.29 is 28.7 Å². The van der Waals surface area contributed by atoms with Crippen molar-refractivity contribution >= 4 is 35.2 Å². The van der Waals surface area contributed by atoms with Crippen molar-refractivity contribution in [3.05, 3.63) is 71.3 Å². The predicted molar refractivity (Wildman–Crippen MR) is 226 cm³/mol. The maximum absolute atomic E-state index is 13.8. The van der Waals surface area contributed by atoms with Crippen LogP contribution >= 0.6 is 0 Å².